The zero-order valence-electron chi connectivity index (χ0n) is 11.0. The largest absolute Gasteiger partial charge is 0.304 e. The van der Waals surface area contributed by atoms with Crippen LogP contribution in [-0.4, -0.2) is 10.2 Å². The maximum Gasteiger partial charge on any atom is 0.304 e. The Morgan fingerprint density at radius 1 is 1.47 bits per heavy atom. The van der Waals surface area contributed by atoms with Crippen LogP contribution in [0.2, 0.25) is 0 Å². The van der Waals surface area contributed by atoms with Crippen molar-refractivity contribution in [3.63, 3.8) is 0 Å². The van der Waals surface area contributed by atoms with E-state index in [4.69, 9.17) is 0 Å². The third-order valence-corrected chi connectivity index (χ3v) is 4.98. The van der Waals surface area contributed by atoms with Crippen molar-refractivity contribution < 1.29 is 9.31 Å². The molecule has 0 bridgehead atoms. The fourth-order valence-corrected chi connectivity index (χ4v) is 3.94. The predicted octanol–water partition coefficient (Wildman–Crippen LogP) is 4.55. The zero-order chi connectivity index (χ0) is 13.8. The van der Waals surface area contributed by atoms with Gasteiger partial charge in [0.1, 0.15) is 0 Å². The number of rotatable bonds is 4. The fourth-order valence-electron chi connectivity index (χ4n) is 2.53. The van der Waals surface area contributed by atoms with Crippen molar-refractivity contribution in [3.05, 3.63) is 39.7 Å². The summed E-state index contributed by atoms with van der Waals surface area (Å²) in [5.41, 5.74) is 0.381. The van der Waals surface area contributed by atoms with Gasteiger partial charge in [-0.2, -0.15) is 16.2 Å². The lowest BCUT2D eigenvalue weighted by Crippen LogP contribution is -2.15. The summed E-state index contributed by atoms with van der Waals surface area (Å²) in [7, 11) is 0. The van der Waals surface area contributed by atoms with Gasteiger partial charge in [-0.1, -0.05) is 25.8 Å². The molecule has 19 heavy (non-hydrogen) atoms. The van der Waals surface area contributed by atoms with Crippen molar-refractivity contribution in [2.75, 3.05) is 0 Å². The minimum Gasteiger partial charge on any atom is -0.258 e. The lowest BCUT2D eigenvalue weighted by atomic mass is 9.91. The van der Waals surface area contributed by atoms with Crippen molar-refractivity contribution in [1.29, 1.82) is 0 Å². The highest BCUT2D eigenvalue weighted by Gasteiger charge is 2.19. The Morgan fingerprint density at radius 3 is 2.89 bits per heavy atom. The van der Waals surface area contributed by atoms with Crippen LogP contribution in [0, 0.1) is 21.8 Å². The molecule has 0 aromatic heterocycles. The molecule has 1 aromatic carbocycles. The quantitative estimate of drug-likeness (QED) is 0.601. The van der Waals surface area contributed by atoms with E-state index < -0.39 is 16.4 Å². The van der Waals surface area contributed by atoms with Crippen LogP contribution in [0.25, 0.3) is 0 Å². The van der Waals surface area contributed by atoms with E-state index in [-0.39, 0.29) is 0 Å². The summed E-state index contributed by atoms with van der Waals surface area (Å²) in [4.78, 5) is 9.85. The first-order valence-corrected chi connectivity index (χ1v) is 7.65. The average molecular weight is 283 g/mol. The smallest absolute Gasteiger partial charge is 0.258 e. The van der Waals surface area contributed by atoms with Crippen molar-refractivity contribution >= 4 is 17.4 Å². The lowest BCUT2D eigenvalue weighted by Gasteiger charge is -2.26. The first-order chi connectivity index (χ1) is 9.06. The molecule has 0 radical (unpaired) electrons. The van der Waals surface area contributed by atoms with Gasteiger partial charge in [0.2, 0.25) is 5.82 Å². The number of benzene rings is 1. The van der Waals surface area contributed by atoms with E-state index >= 15 is 0 Å². The molecule has 5 heteroatoms. The average Bonchev–Trinajstić information content (AvgIpc) is 2.36. The number of hydrogen-bond donors (Lipinski definition) is 0. The molecule has 1 fully saturated rings. The lowest BCUT2D eigenvalue weighted by molar-refractivity contribution is -0.387. The van der Waals surface area contributed by atoms with E-state index in [0.29, 0.717) is 5.25 Å². The van der Waals surface area contributed by atoms with Gasteiger partial charge in [-0.05, 0) is 30.4 Å². The SMILES string of the molecule is CC1CCCC(SCc2ccc([N+](=O)[O-])c(F)c2)C1. The van der Waals surface area contributed by atoms with Crippen LogP contribution in [-0.2, 0) is 5.75 Å². The molecule has 1 aliphatic rings. The van der Waals surface area contributed by atoms with Gasteiger partial charge in [0.15, 0.2) is 0 Å². The normalized spacial score (nSPS) is 23.3. The van der Waals surface area contributed by atoms with E-state index in [0.717, 1.165) is 17.2 Å². The third kappa shape index (κ3) is 3.93. The highest BCUT2D eigenvalue weighted by Crippen LogP contribution is 2.34. The molecular formula is C14H18FNO2S. The van der Waals surface area contributed by atoms with Gasteiger partial charge < -0.3 is 0 Å². The van der Waals surface area contributed by atoms with E-state index in [2.05, 4.69) is 6.92 Å². The number of halogens is 1. The first-order valence-electron chi connectivity index (χ1n) is 6.60. The van der Waals surface area contributed by atoms with Gasteiger partial charge >= 0.3 is 5.69 Å². The Kier molecular flexibility index (Phi) is 4.80. The Morgan fingerprint density at radius 2 is 2.26 bits per heavy atom. The van der Waals surface area contributed by atoms with Crippen LogP contribution in [0.15, 0.2) is 18.2 Å². The van der Waals surface area contributed by atoms with Crippen molar-refractivity contribution in [2.24, 2.45) is 5.92 Å². The highest BCUT2D eigenvalue weighted by molar-refractivity contribution is 7.99. The Balaban J connectivity index is 1.92. The molecule has 2 unspecified atom stereocenters. The number of nitrogens with zero attached hydrogens (tertiary/aromatic N) is 1. The monoisotopic (exact) mass is 283 g/mol. The summed E-state index contributed by atoms with van der Waals surface area (Å²) in [5.74, 6) is 0.770. The summed E-state index contributed by atoms with van der Waals surface area (Å²) in [6.45, 7) is 2.28. The van der Waals surface area contributed by atoms with Gasteiger partial charge in [-0.15, -0.1) is 0 Å². The van der Waals surface area contributed by atoms with Crippen molar-refractivity contribution in [2.45, 2.75) is 43.6 Å². The van der Waals surface area contributed by atoms with E-state index in [9.17, 15) is 14.5 Å². The van der Waals surface area contributed by atoms with Crippen LogP contribution in [0.4, 0.5) is 10.1 Å². The summed E-state index contributed by atoms with van der Waals surface area (Å²) >= 11 is 1.84. The third-order valence-electron chi connectivity index (χ3n) is 3.58. The Hall–Kier alpha value is -1.10. The Labute approximate surface area is 116 Å². The molecule has 0 aliphatic heterocycles. The molecule has 0 heterocycles. The molecule has 0 amide bonds. The summed E-state index contributed by atoms with van der Waals surface area (Å²) in [5, 5.41) is 11.2. The summed E-state index contributed by atoms with van der Waals surface area (Å²) in [6, 6.07) is 4.20. The van der Waals surface area contributed by atoms with E-state index in [1.807, 2.05) is 11.8 Å². The number of nitro groups is 1. The second kappa shape index (κ2) is 6.37. The van der Waals surface area contributed by atoms with Gasteiger partial charge in [0, 0.05) is 17.1 Å². The second-order valence-electron chi connectivity index (χ2n) is 5.25. The van der Waals surface area contributed by atoms with Crippen LogP contribution in [0.5, 0.6) is 0 Å². The second-order valence-corrected chi connectivity index (χ2v) is 6.54. The van der Waals surface area contributed by atoms with Crippen LogP contribution in [0.3, 0.4) is 0 Å². The van der Waals surface area contributed by atoms with Gasteiger partial charge in [0.05, 0.1) is 4.92 Å². The number of hydrogen-bond acceptors (Lipinski definition) is 3. The molecule has 1 saturated carbocycles. The standard InChI is InChI=1S/C14H18FNO2S/c1-10-3-2-4-12(7-10)19-9-11-5-6-14(16(17)18)13(15)8-11/h5-6,8,10,12H,2-4,7,9H2,1H3. The predicted molar refractivity (Wildman–Crippen MR) is 75.8 cm³/mol. The maximum absolute atomic E-state index is 13.5. The zero-order valence-corrected chi connectivity index (χ0v) is 11.8. The first kappa shape index (κ1) is 14.3. The number of nitro benzene ring substituents is 1. The molecule has 1 aliphatic carbocycles. The van der Waals surface area contributed by atoms with Crippen LogP contribution < -0.4 is 0 Å². The van der Waals surface area contributed by atoms with Gasteiger partial charge in [-0.3, -0.25) is 10.1 Å². The molecule has 0 spiro atoms. The molecule has 0 saturated heterocycles. The highest BCUT2D eigenvalue weighted by atomic mass is 32.2. The molecule has 3 nitrogen and oxygen atoms in total. The molecule has 1 aromatic rings. The fraction of sp³-hybridized carbons (Fsp3) is 0.571. The topological polar surface area (TPSA) is 43.1 Å². The molecule has 0 N–H and O–H groups in total. The van der Waals surface area contributed by atoms with E-state index in [1.54, 1.807) is 6.07 Å². The van der Waals surface area contributed by atoms with Crippen molar-refractivity contribution in [1.82, 2.24) is 0 Å². The van der Waals surface area contributed by atoms with Gasteiger partial charge in [-0.25, -0.2) is 0 Å². The Bertz CT molecular complexity index is 467. The van der Waals surface area contributed by atoms with E-state index in [1.165, 1.54) is 37.8 Å². The van der Waals surface area contributed by atoms with Crippen LogP contribution >= 0.6 is 11.8 Å². The van der Waals surface area contributed by atoms with Crippen molar-refractivity contribution in [3.8, 4) is 0 Å². The number of thioether (sulfide) groups is 1. The summed E-state index contributed by atoms with van der Waals surface area (Å²) < 4.78 is 13.5. The molecule has 2 rings (SSSR count). The molecule has 104 valence electrons. The molecule has 2 atom stereocenters. The minimum atomic E-state index is -0.736. The van der Waals surface area contributed by atoms with Crippen LogP contribution in [0.1, 0.15) is 38.2 Å². The molecular weight excluding hydrogens is 265 g/mol. The van der Waals surface area contributed by atoms with Gasteiger partial charge in [0.25, 0.3) is 0 Å². The maximum atomic E-state index is 13.5. The summed E-state index contributed by atoms with van der Waals surface area (Å²) in [6.07, 6.45) is 5.03. The minimum absolute atomic E-state index is 0.444.